The summed E-state index contributed by atoms with van der Waals surface area (Å²) < 4.78 is 22.6. The molecule has 0 aromatic rings. The second-order valence-corrected chi connectivity index (χ2v) is 6.68. The third-order valence-corrected chi connectivity index (χ3v) is 4.55. The van der Waals surface area contributed by atoms with Crippen molar-refractivity contribution in [3.63, 3.8) is 0 Å². The van der Waals surface area contributed by atoms with E-state index < -0.39 is 15.2 Å². The first-order chi connectivity index (χ1) is 6.87. The molecule has 1 saturated heterocycles. The quantitative estimate of drug-likeness (QED) is 0.694. The van der Waals surface area contributed by atoms with Crippen LogP contribution in [0.5, 0.6) is 0 Å². The number of amides is 1. The van der Waals surface area contributed by atoms with Crippen LogP contribution in [0.3, 0.4) is 0 Å². The summed E-state index contributed by atoms with van der Waals surface area (Å²) in [4.78, 5) is 13.2. The number of sulfone groups is 1. The van der Waals surface area contributed by atoms with E-state index in [0.29, 0.717) is 13.0 Å². The zero-order valence-electron chi connectivity index (χ0n) is 8.94. The summed E-state index contributed by atoms with van der Waals surface area (Å²) in [7, 11) is -2.95. The molecule has 0 N–H and O–H groups in total. The summed E-state index contributed by atoms with van der Waals surface area (Å²) >= 11 is 5.71. The summed E-state index contributed by atoms with van der Waals surface area (Å²) in [5, 5.41) is -0.590. The molecule has 0 aromatic carbocycles. The molecule has 15 heavy (non-hydrogen) atoms. The van der Waals surface area contributed by atoms with Crippen LogP contribution in [0, 0.1) is 0 Å². The van der Waals surface area contributed by atoms with Crippen molar-refractivity contribution in [3.05, 3.63) is 0 Å². The summed E-state index contributed by atoms with van der Waals surface area (Å²) in [6, 6.07) is -0.186. The number of carbonyl (C=O) groups excluding carboxylic acids is 1. The number of hydrogen-bond acceptors (Lipinski definition) is 3. The van der Waals surface area contributed by atoms with Gasteiger partial charge in [0, 0.05) is 12.6 Å². The number of hydrogen-bond donors (Lipinski definition) is 0. The highest BCUT2D eigenvalue weighted by molar-refractivity contribution is 7.91. The van der Waals surface area contributed by atoms with Gasteiger partial charge >= 0.3 is 0 Å². The maximum Gasteiger partial charge on any atom is 0.240 e. The Hall–Kier alpha value is -0.290. The fourth-order valence-corrected chi connectivity index (χ4v) is 3.70. The van der Waals surface area contributed by atoms with Crippen LogP contribution in [0.1, 0.15) is 20.3 Å². The Morgan fingerprint density at radius 1 is 1.60 bits per heavy atom. The van der Waals surface area contributed by atoms with Crippen LogP contribution < -0.4 is 0 Å². The average Bonchev–Trinajstić information content (AvgIpc) is 2.47. The molecule has 0 aliphatic carbocycles. The molecular weight excluding hydrogens is 238 g/mol. The average molecular weight is 254 g/mol. The Kier molecular flexibility index (Phi) is 4.00. The van der Waals surface area contributed by atoms with E-state index >= 15 is 0 Å². The molecule has 0 radical (unpaired) electrons. The molecule has 6 heteroatoms. The standard InChI is InChI=1S/C9H16ClNO3S/c1-3-11(9(12)7(2)10)8-4-5-15(13,14)6-8/h7-8H,3-6H2,1-2H3/t7-,8-/m1/s1. The van der Waals surface area contributed by atoms with Crippen LogP contribution in [0.4, 0.5) is 0 Å². The van der Waals surface area contributed by atoms with E-state index in [-0.39, 0.29) is 23.5 Å². The molecule has 0 saturated carbocycles. The number of nitrogens with zero attached hydrogens (tertiary/aromatic N) is 1. The van der Waals surface area contributed by atoms with Gasteiger partial charge in [-0.25, -0.2) is 8.42 Å². The van der Waals surface area contributed by atoms with Gasteiger partial charge < -0.3 is 4.90 Å². The van der Waals surface area contributed by atoms with Crippen LogP contribution in [-0.4, -0.2) is 48.7 Å². The van der Waals surface area contributed by atoms with E-state index in [0.717, 1.165) is 0 Å². The van der Waals surface area contributed by atoms with Gasteiger partial charge in [0.25, 0.3) is 0 Å². The second kappa shape index (κ2) is 4.70. The predicted octanol–water partition coefficient (Wildman–Crippen LogP) is 0.649. The van der Waals surface area contributed by atoms with Gasteiger partial charge in [-0.15, -0.1) is 11.6 Å². The summed E-state index contributed by atoms with van der Waals surface area (Å²) in [6.07, 6.45) is 0.533. The highest BCUT2D eigenvalue weighted by Crippen LogP contribution is 2.19. The molecule has 1 fully saturated rings. The zero-order chi connectivity index (χ0) is 11.6. The molecule has 1 aliphatic rings. The molecule has 2 atom stereocenters. The van der Waals surface area contributed by atoms with E-state index in [2.05, 4.69) is 0 Å². The van der Waals surface area contributed by atoms with Crippen molar-refractivity contribution in [2.75, 3.05) is 18.1 Å². The summed E-state index contributed by atoms with van der Waals surface area (Å²) in [5.74, 6) is 0.0789. The van der Waals surface area contributed by atoms with Crippen molar-refractivity contribution >= 4 is 27.3 Å². The fraction of sp³-hybridized carbons (Fsp3) is 0.889. The maximum absolute atomic E-state index is 11.7. The first-order valence-electron chi connectivity index (χ1n) is 5.02. The minimum absolute atomic E-state index is 0.0796. The molecule has 1 amide bonds. The van der Waals surface area contributed by atoms with Crippen molar-refractivity contribution in [2.45, 2.75) is 31.7 Å². The van der Waals surface area contributed by atoms with E-state index in [9.17, 15) is 13.2 Å². The minimum atomic E-state index is -2.95. The number of carbonyl (C=O) groups is 1. The van der Waals surface area contributed by atoms with Crippen LogP contribution in [0.25, 0.3) is 0 Å². The first kappa shape index (κ1) is 12.8. The Labute approximate surface area is 95.5 Å². The molecule has 0 bridgehead atoms. The van der Waals surface area contributed by atoms with Crippen molar-refractivity contribution in [3.8, 4) is 0 Å². The molecular formula is C9H16ClNO3S. The van der Waals surface area contributed by atoms with Crippen molar-refractivity contribution in [1.82, 2.24) is 4.90 Å². The smallest absolute Gasteiger partial charge is 0.240 e. The van der Waals surface area contributed by atoms with Gasteiger partial charge in [-0.05, 0) is 20.3 Å². The van der Waals surface area contributed by atoms with Crippen LogP contribution in [0.15, 0.2) is 0 Å². The van der Waals surface area contributed by atoms with Gasteiger partial charge in [-0.1, -0.05) is 0 Å². The Bertz CT molecular complexity index is 339. The topological polar surface area (TPSA) is 54.5 Å². The van der Waals surface area contributed by atoms with Gasteiger partial charge in [0.05, 0.1) is 11.5 Å². The Balaban J connectivity index is 2.73. The molecule has 1 heterocycles. The van der Waals surface area contributed by atoms with Gasteiger partial charge in [0.2, 0.25) is 5.91 Å². The number of halogens is 1. The van der Waals surface area contributed by atoms with E-state index in [1.807, 2.05) is 6.92 Å². The molecule has 4 nitrogen and oxygen atoms in total. The highest BCUT2D eigenvalue weighted by atomic mass is 35.5. The third-order valence-electron chi connectivity index (χ3n) is 2.61. The SMILES string of the molecule is CCN(C(=O)[C@@H](C)Cl)[C@@H]1CCS(=O)(=O)C1. The number of rotatable bonds is 3. The van der Waals surface area contributed by atoms with E-state index in [1.165, 1.54) is 0 Å². The largest absolute Gasteiger partial charge is 0.338 e. The molecule has 1 rings (SSSR count). The van der Waals surface area contributed by atoms with Crippen molar-refractivity contribution in [2.24, 2.45) is 0 Å². The van der Waals surface area contributed by atoms with Gasteiger partial charge in [0.15, 0.2) is 9.84 Å². The van der Waals surface area contributed by atoms with Gasteiger partial charge in [-0.2, -0.15) is 0 Å². The highest BCUT2D eigenvalue weighted by Gasteiger charge is 2.34. The number of alkyl halides is 1. The summed E-state index contributed by atoms with van der Waals surface area (Å²) in [5.41, 5.74) is 0. The van der Waals surface area contributed by atoms with Crippen molar-refractivity contribution in [1.29, 1.82) is 0 Å². The van der Waals surface area contributed by atoms with E-state index in [4.69, 9.17) is 11.6 Å². The lowest BCUT2D eigenvalue weighted by atomic mass is 10.2. The van der Waals surface area contributed by atoms with Gasteiger partial charge in [0.1, 0.15) is 5.38 Å². The van der Waals surface area contributed by atoms with Gasteiger partial charge in [-0.3, -0.25) is 4.79 Å². The first-order valence-corrected chi connectivity index (χ1v) is 7.28. The van der Waals surface area contributed by atoms with Crippen LogP contribution in [0.2, 0.25) is 0 Å². The lowest BCUT2D eigenvalue weighted by Gasteiger charge is -2.27. The monoisotopic (exact) mass is 253 g/mol. The molecule has 0 aromatic heterocycles. The lowest BCUT2D eigenvalue weighted by molar-refractivity contribution is -0.132. The third kappa shape index (κ3) is 3.08. The fourth-order valence-electron chi connectivity index (χ4n) is 1.84. The molecule has 0 unspecified atom stereocenters. The Morgan fingerprint density at radius 3 is 2.53 bits per heavy atom. The predicted molar refractivity (Wildman–Crippen MR) is 59.8 cm³/mol. The van der Waals surface area contributed by atoms with Crippen molar-refractivity contribution < 1.29 is 13.2 Å². The van der Waals surface area contributed by atoms with Crippen LogP contribution >= 0.6 is 11.6 Å². The van der Waals surface area contributed by atoms with Crippen LogP contribution in [-0.2, 0) is 14.6 Å². The second-order valence-electron chi connectivity index (χ2n) is 3.80. The maximum atomic E-state index is 11.7. The summed E-state index contributed by atoms with van der Waals surface area (Å²) in [6.45, 7) is 3.95. The zero-order valence-corrected chi connectivity index (χ0v) is 10.5. The lowest BCUT2D eigenvalue weighted by Crippen LogP contribution is -2.44. The van der Waals surface area contributed by atoms with E-state index in [1.54, 1.807) is 11.8 Å². The molecule has 1 aliphatic heterocycles. The normalized spacial score (nSPS) is 26.2. The molecule has 88 valence electrons. The minimum Gasteiger partial charge on any atom is -0.338 e. The molecule has 0 spiro atoms. The Morgan fingerprint density at radius 2 is 2.20 bits per heavy atom.